The third-order valence-electron chi connectivity index (χ3n) is 7.03. The van der Waals surface area contributed by atoms with E-state index < -0.39 is 20.4 Å². The summed E-state index contributed by atoms with van der Waals surface area (Å²) >= 11 is 0. The van der Waals surface area contributed by atoms with Crippen LogP contribution < -0.4 is 11.1 Å². The van der Waals surface area contributed by atoms with Gasteiger partial charge in [0.2, 0.25) is 5.91 Å². The molecule has 6 nitrogen and oxygen atoms in total. The molecule has 202 valence electrons. The maximum absolute atomic E-state index is 12.1. The molecule has 0 saturated carbocycles. The summed E-state index contributed by atoms with van der Waals surface area (Å²) in [6.45, 7) is 7.74. The smallest absolute Gasteiger partial charge is 0.219 e. The zero-order chi connectivity index (χ0) is 25.9. The molecule has 1 atom stereocenters. The molecule has 0 aliphatic rings. The number of nitrogens with one attached hydrogen (secondary N) is 1. The van der Waals surface area contributed by atoms with Crippen molar-refractivity contribution in [1.29, 1.82) is 0 Å². The summed E-state index contributed by atoms with van der Waals surface area (Å²) < 4.78 is 34.4. The lowest BCUT2D eigenvalue weighted by Crippen LogP contribution is -2.80. The van der Waals surface area contributed by atoms with Crippen molar-refractivity contribution in [3.05, 3.63) is 12.2 Å². The summed E-state index contributed by atoms with van der Waals surface area (Å²) in [5, 5.41) is 2.87. The molecule has 0 aromatic rings. The summed E-state index contributed by atoms with van der Waals surface area (Å²) in [7, 11) is -4.50. The fraction of sp³-hybridized carbons (Fsp3) is 0.889. The fourth-order valence-electron chi connectivity index (χ4n) is 4.68. The number of hydrogen-bond donors (Lipinski definition) is 2. The predicted molar refractivity (Wildman–Crippen MR) is 141 cm³/mol. The van der Waals surface area contributed by atoms with Crippen LogP contribution in [0.3, 0.4) is 0 Å². The first-order valence-electron chi connectivity index (χ1n) is 13.7. The molecule has 0 spiro atoms. The number of hydrogen-bond acceptors (Lipinski definition) is 4. The highest BCUT2D eigenvalue weighted by molar-refractivity contribution is 7.87. The molecule has 34 heavy (non-hydrogen) atoms. The molecule has 0 saturated heterocycles. The number of carbonyl (C=O) groups excluding carboxylic acids is 1. The minimum atomic E-state index is -4.50. The van der Waals surface area contributed by atoms with Crippen LogP contribution in [-0.4, -0.2) is 35.7 Å². The zero-order valence-corrected chi connectivity index (χ0v) is 23.4. The molecular weight excluding hydrogens is 448 g/mol. The van der Waals surface area contributed by atoms with Gasteiger partial charge in [0.15, 0.2) is 0 Å². The van der Waals surface area contributed by atoms with E-state index in [0.717, 1.165) is 25.7 Å². The van der Waals surface area contributed by atoms with Gasteiger partial charge in [-0.05, 0) is 65.2 Å². The van der Waals surface area contributed by atoms with Crippen molar-refractivity contribution >= 4 is 16.0 Å². The van der Waals surface area contributed by atoms with Gasteiger partial charge in [0, 0.05) is 13.0 Å². The molecule has 0 radical (unpaired) electrons. The maximum atomic E-state index is 12.1. The molecule has 7 heteroatoms. The Kier molecular flexibility index (Phi) is 17.9. The lowest BCUT2D eigenvalue weighted by molar-refractivity contribution is -0.476. The van der Waals surface area contributed by atoms with Crippen LogP contribution in [0.1, 0.15) is 137 Å². The van der Waals surface area contributed by atoms with Crippen molar-refractivity contribution in [3.63, 3.8) is 0 Å². The van der Waals surface area contributed by atoms with Crippen LogP contribution in [0.5, 0.6) is 0 Å². The molecule has 0 aromatic heterocycles. The van der Waals surface area contributed by atoms with Crippen molar-refractivity contribution in [1.82, 2.24) is 5.32 Å². The van der Waals surface area contributed by atoms with Crippen LogP contribution in [0.2, 0.25) is 0 Å². The molecule has 0 aromatic carbocycles. The molecular formula is C27H54N2O4S. The third kappa shape index (κ3) is 13.8. The Labute approximate surface area is 210 Å². The molecule has 0 rings (SSSR count). The first-order chi connectivity index (χ1) is 16.0. The Balaban J connectivity index is 3.80. The molecule has 1 unspecified atom stereocenters. The van der Waals surface area contributed by atoms with Gasteiger partial charge in [-0.25, -0.2) is 8.42 Å². The van der Waals surface area contributed by atoms with Crippen LogP contribution in [-0.2, 0) is 14.9 Å². The van der Waals surface area contributed by atoms with E-state index in [1.165, 1.54) is 57.8 Å². The van der Waals surface area contributed by atoms with E-state index in [1.807, 2.05) is 0 Å². The Morgan fingerprint density at radius 1 is 0.853 bits per heavy atom. The normalized spacial score (nSPS) is 14.4. The number of quaternary nitrogens is 1. The second-order valence-electron chi connectivity index (χ2n) is 10.5. The Morgan fingerprint density at radius 2 is 1.35 bits per heavy atom. The van der Waals surface area contributed by atoms with Gasteiger partial charge in [-0.1, -0.05) is 77.4 Å². The summed E-state index contributed by atoms with van der Waals surface area (Å²) in [5.74, 6) is -0.00131. The monoisotopic (exact) mass is 502 g/mol. The van der Waals surface area contributed by atoms with E-state index in [1.54, 1.807) is 20.8 Å². The highest BCUT2D eigenvalue weighted by Gasteiger charge is 2.49. The SMILES string of the molecule is CCCCCCCC/C=C\CCCCCCCC(=O)NCCCC(CC)(C(C)(C)[NH3+])S(=O)(=O)[O-]. The number of carbonyl (C=O) groups is 1. The highest BCUT2D eigenvalue weighted by atomic mass is 32.2. The summed E-state index contributed by atoms with van der Waals surface area (Å²) in [6.07, 6.45) is 22.0. The maximum Gasteiger partial charge on any atom is 0.219 e. The first-order valence-corrected chi connectivity index (χ1v) is 15.1. The average molecular weight is 503 g/mol. The van der Waals surface area contributed by atoms with E-state index in [4.69, 9.17) is 0 Å². The van der Waals surface area contributed by atoms with Crippen molar-refractivity contribution in [3.8, 4) is 0 Å². The average Bonchev–Trinajstić information content (AvgIpc) is 2.74. The number of allylic oxidation sites excluding steroid dienone is 2. The van der Waals surface area contributed by atoms with E-state index in [-0.39, 0.29) is 18.7 Å². The summed E-state index contributed by atoms with van der Waals surface area (Å²) in [4.78, 5) is 12.1. The quantitative estimate of drug-likeness (QED) is 0.113. The van der Waals surface area contributed by atoms with Crippen LogP contribution in [0.25, 0.3) is 0 Å². The topological polar surface area (TPSA) is 114 Å². The number of unbranched alkanes of at least 4 members (excludes halogenated alkanes) is 11. The van der Waals surface area contributed by atoms with E-state index in [2.05, 4.69) is 30.1 Å². The van der Waals surface area contributed by atoms with Gasteiger partial charge < -0.3 is 15.6 Å². The lowest BCUT2D eigenvalue weighted by Gasteiger charge is -2.42. The Bertz CT molecular complexity index is 656. The van der Waals surface area contributed by atoms with Gasteiger partial charge in [0.05, 0.1) is 0 Å². The molecule has 0 fully saturated rings. The summed E-state index contributed by atoms with van der Waals surface area (Å²) in [6, 6.07) is 0. The van der Waals surface area contributed by atoms with Gasteiger partial charge in [-0.15, -0.1) is 0 Å². The first kappa shape index (κ1) is 33.1. The van der Waals surface area contributed by atoms with E-state index in [9.17, 15) is 17.8 Å². The van der Waals surface area contributed by atoms with Gasteiger partial charge in [-0.3, -0.25) is 4.79 Å². The van der Waals surface area contributed by atoms with Crippen molar-refractivity contribution in [2.24, 2.45) is 0 Å². The van der Waals surface area contributed by atoms with Crippen LogP contribution >= 0.6 is 0 Å². The largest absolute Gasteiger partial charge is 0.747 e. The second kappa shape index (κ2) is 18.4. The third-order valence-corrected chi connectivity index (χ3v) is 9.03. The van der Waals surface area contributed by atoms with Gasteiger partial charge in [-0.2, -0.15) is 0 Å². The molecule has 0 heterocycles. The molecule has 0 aliphatic heterocycles. The van der Waals surface area contributed by atoms with Crippen molar-refractivity contribution in [2.45, 2.75) is 147 Å². The van der Waals surface area contributed by atoms with Crippen LogP contribution in [0.4, 0.5) is 0 Å². The summed E-state index contributed by atoms with van der Waals surface area (Å²) in [5.41, 5.74) is 3.04. The van der Waals surface area contributed by atoms with E-state index in [0.29, 0.717) is 19.4 Å². The molecule has 1 amide bonds. The van der Waals surface area contributed by atoms with Crippen molar-refractivity contribution in [2.75, 3.05) is 6.54 Å². The highest BCUT2D eigenvalue weighted by Crippen LogP contribution is 2.34. The van der Waals surface area contributed by atoms with Crippen LogP contribution in [0, 0.1) is 0 Å². The van der Waals surface area contributed by atoms with Crippen molar-refractivity contribution < 1.29 is 23.5 Å². The van der Waals surface area contributed by atoms with Gasteiger partial charge in [0.25, 0.3) is 0 Å². The van der Waals surface area contributed by atoms with Gasteiger partial charge >= 0.3 is 0 Å². The molecule has 0 bridgehead atoms. The Hall–Kier alpha value is -0.920. The number of rotatable bonds is 22. The predicted octanol–water partition coefficient (Wildman–Crippen LogP) is 5.63. The van der Waals surface area contributed by atoms with E-state index >= 15 is 0 Å². The minimum absolute atomic E-state index is 0.00131. The minimum Gasteiger partial charge on any atom is -0.747 e. The molecule has 4 N–H and O–H groups in total. The fourth-order valence-corrected chi connectivity index (χ4v) is 6.10. The standard InChI is InChI=1S/C27H54N2O4S/c1-5-7-8-9-10-11-12-13-14-15-16-17-18-19-20-22-25(30)29-24-21-23-27(6-2,26(3,4)28)34(31,32)33/h13-14H,5-12,15-24,28H2,1-4H3,(H,29,30)(H,31,32,33)/b14-13-. The molecule has 0 aliphatic carbocycles. The zero-order valence-electron chi connectivity index (χ0n) is 22.6. The Morgan fingerprint density at radius 3 is 1.82 bits per heavy atom. The number of amides is 1. The second-order valence-corrected chi connectivity index (χ2v) is 12.2. The van der Waals surface area contributed by atoms with Crippen LogP contribution in [0.15, 0.2) is 12.2 Å². The van der Waals surface area contributed by atoms with Gasteiger partial charge in [0.1, 0.15) is 20.4 Å². The lowest BCUT2D eigenvalue weighted by atomic mass is 9.81.